The van der Waals surface area contributed by atoms with Gasteiger partial charge in [0.1, 0.15) is 11.6 Å². The largest absolute Gasteiger partial charge is 0.484 e. The smallest absolute Gasteiger partial charge is 0.260 e. The lowest BCUT2D eigenvalue weighted by molar-refractivity contribution is -0.132. The Labute approximate surface area is 166 Å². The zero-order valence-electron chi connectivity index (χ0n) is 16.8. The van der Waals surface area contributed by atoms with Crippen molar-refractivity contribution < 1.29 is 19.0 Å². The van der Waals surface area contributed by atoms with Crippen LogP contribution in [0.3, 0.4) is 0 Å². The summed E-state index contributed by atoms with van der Waals surface area (Å²) in [7, 11) is 1.92. The highest BCUT2D eigenvalue weighted by Gasteiger charge is 2.29. The SMILES string of the molecule is CC.CN(c1cccc(F)c1)C1CCN(C(=O)COc2ccc(CO)cc2)C1. The van der Waals surface area contributed by atoms with Crippen LogP contribution in [0.25, 0.3) is 0 Å². The molecule has 3 rings (SSSR count). The van der Waals surface area contributed by atoms with Gasteiger partial charge in [0.05, 0.1) is 6.61 Å². The normalized spacial score (nSPS) is 15.6. The number of nitrogens with zero attached hydrogens (tertiary/aromatic N) is 2. The molecule has 1 fully saturated rings. The fourth-order valence-electron chi connectivity index (χ4n) is 3.12. The highest BCUT2D eigenvalue weighted by atomic mass is 19.1. The predicted molar refractivity (Wildman–Crippen MR) is 109 cm³/mol. The lowest BCUT2D eigenvalue weighted by Crippen LogP contribution is -2.38. The Kier molecular flexibility index (Phi) is 8.26. The van der Waals surface area contributed by atoms with Gasteiger partial charge < -0.3 is 19.6 Å². The molecule has 152 valence electrons. The Hall–Kier alpha value is -2.60. The zero-order chi connectivity index (χ0) is 20.5. The molecule has 1 amide bonds. The number of aliphatic hydroxyl groups is 1. The highest BCUT2D eigenvalue weighted by Crippen LogP contribution is 2.22. The minimum absolute atomic E-state index is 0.0190. The third-order valence-corrected chi connectivity index (χ3v) is 4.75. The van der Waals surface area contributed by atoms with Crippen molar-refractivity contribution in [1.82, 2.24) is 4.90 Å². The van der Waals surface area contributed by atoms with Crippen LogP contribution in [0.1, 0.15) is 25.8 Å². The number of amides is 1. The van der Waals surface area contributed by atoms with Crippen LogP contribution in [-0.4, -0.2) is 48.7 Å². The van der Waals surface area contributed by atoms with Crippen molar-refractivity contribution in [1.29, 1.82) is 0 Å². The van der Waals surface area contributed by atoms with Gasteiger partial charge in [0.25, 0.3) is 5.91 Å². The van der Waals surface area contributed by atoms with Gasteiger partial charge in [-0.05, 0) is 42.3 Å². The van der Waals surface area contributed by atoms with Crippen molar-refractivity contribution >= 4 is 11.6 Å². The first-order chi connectivity index (χ1) is 13.6. The molecule has 6 heteroatoms. The number of likely N-dealkylation sites (tertiary alicyclic amines) is 1. The molecule has 0 aromatic heterocycles. The molecule has 0 saturated carbocycles. The Morgan fingerprint density at radius 3 is 2.61 bits per heavy atom. The number of ether oxygens (including phenoxy) is 1. The van der Waals surface area contributed by atoms with Crippen LogP contribution in [0, 0.1) is 5.82 Å². The monoisotopic (exact) mass is 388 g/mol. The van der Waals surface area contributed by atoms with E-state index in [1.54, 1.807) is 35.2 Å². The summed E-state index contributed by atoms with van der Waals surface area (Å²) in [6.45, 7) is 5.22. The van der Waals surface area contributed by atoms with Crippen molar-refractivity contribution in [3.05, 3.63) is 59.9 Å². The maximum atomic E-state index is 13.4. The summed E-state index contributed by atoms with van der Waals surface area (Å²) in [6, 6.07) is 13.6. The van der Waals surface area contributed by atoms with Crippen LogP contribution in [0.2, 0.25) is 0 Å². The second kappa shape index (κ2) is 10.7. The molecule has 1 N–H and O–H groups in total. The van der Waals surface area contributed by atoms with E-state index < -0.39 is 0 Å². The van der Waals surface area contributed by atoms with Gasteiger partial charge >= 0.3 is 0 Å². The fraction of sp³-hybridized carbons (Fsp3) is 0.409. The molecule has 28 heavy (non-hydrogen) atoms. The van der Waals surface area contributed by atoms with E-state index in [1.165, 1.54) is 12.1 Å². The number of hydrogen-bond donors (Lipinski definition) is 1. The van der Waals surface area contributed by atoms with E-state index in [1.807, 2.05) is 31.9 Å². The van der Waals surface area contributed by atoms with E-state index in [0.717, 1.165) is 17.7 Å². The van der Waals surface area contributed by atoms with Crippen molar-refractivity contribution in [3.63, 3.8) is 0 Å². The Morgan fingerprint density at radius 2 is 1.96 bits per heavy atom. The zero-order valence-corrected chi connectivity index (χ0v) is 16.8. The van der Waals surface area contributed by atoms with Crippen LogP contribution < -0.4 is 9.64 Å². The topological polar surface area (TPSA) is 53.0 Å². The summed E-state index contributed by atoms with van der Waals surface area (Å²) >= 11 is 0. The van der Waals surface area contributed by atoms with Gasteiger partial charge in [0.15, 0.2) is 6.61 Å². The van der Waals surface area contributed by atoms with Gasteiger partial charge in [-0.25, -0.2) is 4.39 Å². The summed E-state index contributed by atoms with van der Waals surface area (Å²) < 4.78 is 18.9. The van der Waals surface area contributed by atoms with Gasteiger partial charge in [-0.3, -0.25) is 4.79 Å². The summed E-state index contributed by atoms with van der Waals surface area (Å²) in [6.07, 6.45) is 0.837. The van der Waals surface area contributed by atoms with Crippen LogP contribution in [0.15, 0.2) is 48.5 Å². The minimum Gasteiger partial charge on any atom is -0.484 e. The van der Waals surface area contributed by atoms with Crippen molar-refractivity contribution in [2.75, 3.05) is 31.6 Å². The van der Waals surface area contributed by atoms with Gasteiger partial charge in [0.2, 0.25) is 0 Å². The van der Waals surface area contributed by atoms with Crippen molar-refractivity contribution in [3.8, 4) is 5.75 Å². The number of carbonyl (C=O) groups excluding carboxylic acids is 1. The summed E-state index contributed by atoms with van der Waals surface area (Å²) in [5.41, 5.74) is 1.61. The Morgan fingerprint density at radius 1 is 1.25 bits per heavy atom. The molecule has 2 aromatic rings. The average Bonchev–Trinajstić information content (AvgIpc) is 3.23. The number of anilines is 1. The quantitative estimate of drug-likeness (QED) is 0.823. The maximum Gasteiger partial charge on any atom is 0.260 e. The summed E-state index contributed by atoms with van der Waals surface area (Å²) in [5.74, 6) is 0.274. The van der Waals surface area contributed by atoms with E-state index in [4.69, 9.17) is 9.84 Å². The maximum absolute atomic E-state index is 13.4. The van der Waals surface area contributed by atoms with Crippen LogP contribution in [0.5, 0.6) is 5.75 Å². The van der Waals surface area contributed by atoms with E-state index in [-0.39, 0.29) is 31.0 Å². The molecule has 0 bridgehead atoms. The predicted octanol–water partition coefficient (Wildman–Crippen LogP) is 3.46. The molecule has 1 unspecified atom stereocenters. The number of likely N-dealkylation sites (N-methyl/N-ethyl adjacent to an activating group) is 1. The number of rotatable bonds is 6. The number of aliphatic hydroxyl groups excluding tert-OH is 1. The molecule has 1 saturated heterocycles. The molecule has 1 aliphatic rings. The molecular formula is C22H29FN2O3. The minimum atomic E-state index is -0.263. The third-order valence-electron chi connectivity index (χ3n) is 4.75. The van der Waals surface area contributed by atoms with Crippen molar-refractivity contribution in [2.24, 2.45) is 0 Å². The van der Waals surface area contributed by atoms with E-state index in [9.17, 15) is 9.18 Å². The number of carbonyl (C=O) groups is 1. The molecular weight excluding hydrogens is 359 g/mol. The lowest BCUT2D eigenvalue weighted by Gasteiger charge is -2.27. The molecule has 0 spiro atoms. The molecule has 1 aliphatic heterocycles. The van der Waals surface area contributed by atoms with Gasteiger partial charge in [-0.2, -0.15) is 0 Å². The average molecular weight is 388 g/mol. The summed E-state index contributed by atoms with van der Waals surface area (Å²) in [4.78, 5) is 16.2. The molecule has 1 heterocycles. The standard InChI is InChI=1S/C20H23FN2O3.C2H6/c1-22(17-4-2-3-16(21)11-17)18-9-10-23(12-18)20(25)14-26-19-7-5-15(13-24)6-8-19;1-2/h2-8,11,18,24H,9-10,12-14H2,1H3;1-2H3. The van der Waals surface area contributed by atoms with Gasteiger partial charge in [0, 0.05) is 31.9 Å². The number of halogens is 1. The lowest BCUT2D eigenvalue weighted by atomic mass is 10.2. The van der Waals surface area contributed by atoms with Gasteiger partial charge in [-0.1, -0.05) is 32.0 Å². The molecule has 0 radical (unpaired) electrons. The fourth-order valence-corrected chi connectivity index (χ4v) is 3.12. The third kappa shape index (κ3) is 5.70. The molecule has 2 aromatic carbocycles. The molecule has 1 atom stereocenters. The first-order valence-corrected chi connectivity index (χ1v) is 9.65. The molecule has 0 aliphatic carbocycles. The second-order valence-corrected chi connectivity index (χ2v) is 6.46. The Bertz CT molecular complexity index is 752. The number of benzene rings is 2. The van der Waals surface area contributed by atoms with E-state index in [0.29, 0.717) is 18.8 Å². The van der Waals surface area contributed by atoms with Gasteiger partial charge in [-0.15, -0.1) is 0 Å². The molecule has 5 nitrogen and oxygen atoms in total. The highest BCUT2D eigenvalue weighted by molar-refractivity contribution is 5.78. The summed E-state index contributed by atoms with van der Waals surface area (Å²) in [5, 5.41) is 9.03. The first-order valence-electron chi connectivity index (χ1n) is 9.65. The van der Waals surface area contributed by atoms with Crippen LogP contribution in [-0.2, 0) is 11.4 Å². The van der Waals surface area contributed by atoms with E-state index in [2.05, 4.69) is 0 Å². The number of hydrogen-bond acceptors (Lipinski definition) is 4. The van der Waals surface area contributed by atoms with Crippen LogP contribution >= 0.6 is 0 Å². The van der Waals surface area contributed by atoms with E-state index >= 15 is 0 Å². The Balaban J connectivity index is 0.00000136. The second-order valence-electron chi connectivity index (χ2n) is 6.46. The van der Waals surface area contributed by atoms with Crippen LogP contribution in [0.4, 0.5) is 10.1 Å². The van der Waals surface area contributed by atoms with Crippen molar-refractivity contribution in [2.45, 2.75) is 32.9 Å². The first kappa shape index (κ1) is 21.7.